The first-order chi connectivity index (χ1) is 17.0. The van der Waals surface area contributed by atoms with E-state index in [1.807, 2.05) is 32.0 Å². The first-order valence-corrected chi connectivity index (χ1v) is 13.5. The Morgan fingerprint density at radius 2 is 1.83 bits per heavy atom. The smallest absolute Gasteiger partial charge is 0.223 e. The summed E-state index contributed by atoms with van der Waals surface area (Å²) in [5.74, 6) is 2.46. The van der Waals surface area contributed by atoms with Gasteiger partial charge >= 0.3 is 0 Å². The average Bonchev–Trinajstić information content (AvgIpc) is 3.22. The molecular formula is C29H38ClN3O2. The Morgan fingerprint density at radius 1 is 1.09 bits per heavy atom. The van der Waals surface area contributed by atoms with E-state index < -0.39 is 0 Å². The summed E-state index contributed by atoms with van der Waals surface area (Å²) in [6, 6.07) is 12.3. The highest BCUT2D eigenvalue weighted by molar-refractivity contribution is 6.32. The lowest BCUT2D eigenvalue weighted by Crippen LogP contribution is -2.32. The second-order valence-electron chi connectivity index (χ2n) is 9.82. The third-order valence-electron chi connectivity index (χ3n) is 7.08. The largest absolute Gasteiger partial charge is 0.492 e. The third kappa shape index (κ3) is 6.78. The van der Waals surface area contributed by atoms with Gasteiger partial charge in [-0.05, 0) is 74.9 Å². The normalized spacial score (nSPS) is 14.4. The summed E-state index contributed by atoms with van der Waals surface area (Å²) < 4.78 is 8.37. The molecule has 0 radical (unpaired) electrons. The lowest BCUT2D eigenvalue weighted by atomic mass is 9.89. The van der Waals surface area contributed by atoms with Crippen LogP contribution in [0.5, 0.6) is 5.75 Å². The number of hydrogen-bond acceptors (Lipinski definition) is 3. The number of carbonyl (C=O) groups is 1. The van der Waals surface area contributed by atoms with Gasteiger partial charge in [0, 0.05) is 23.9 Å². The number of hydrogen-bond donors (Lipinski definition) is 1. The molecule has 0 atom stereocenters. The monoisotopic (exact) mass is 495 g/mol. The molecule has 0 spiro atoms. The number of rotatable bonds is 11. The van der Waals surface area contributed by atoms with E-state index in [-0.39, 0.29) is 11.8 Å². The minimum Gasteiger partial charge on any atom is -0.492 e. The van der Waals surface area contributed by atoms with E-state index in [2.05, 4.69) is 28.1 Å². The van der Waals surface area contributed by atoms with Gasteiger partial charge in [-0.2, -0.15) is 0 Å². The van der Waals surface area contributed by atoms with Gasteiger partial charge in [0.15, 0.2) is 0 Å². The highest BCUT2D eigenvalue weighted by Crippen LogP contribution is 2.26. The lowest BCUT2D eigenvalue weighted by molar-refractivity contribution is -0.125. The van der Waals surface area contributed by atoms with Crippen molar-refractivity contribution in [3.8, 4) is 5.75 Å². The minimum atomic E-state index is 0.242. The Hall–Kier alpha value is -2.53. The molecule has 1 amide bonds. The molecule has 3 aromatic rings. The molecule has 0 bridgehead atoms. The quantitative estimate of drug-likeness (QED) is 0.298. The van der Waals surface area contributed by atoms with Crippen molar-refractivity contribution in [1.82, 2.24) is 14.9 Å². The van der Waals surface area contributed by atoms with Crippen LogP contribution in [0.1, 0.15) is 68.3 Å². The second-order valence-corrected chi connectivity index (χ2v) is 10.2. The summed E-state index contributed by atoms with van der Waals surface area (Å²) in [6.07, 6.45) is 9.86. The van der Waals surface area contributed by atoms with Crippen LogP contribution >= 0.6 is 11.6 Å². The predicted octanol–water partition coefficient (Wildman–Crippen LogP) is 6.79. The molecule has 1 aromatic heterocycles. The number of nitrogens with one attached hydrogen (secondary N) is 1. The SMILES string of the molecule is Cc1cc(OCCn2c(CCCCCNC(=O)C3CCCCC3)nc3ccccc32)cc(C)c1Cl. The summed E-state index contributed by atoms with van der Waals surface area (Å²) in [7, 11) is 0. The molecule has 188 valence electrons. The van der Waals surface area contributed by atoms with E-state index in [0.717, 1.165) is 90.4 Å². The van der Waals surface area contributed by atoms with Crippen molar-refractivity contribution in [2.45, 2.75) is 78.2 Å². The number of halogens is 1. The number of para-hydroxylation sites is 2. The molecule has 1 fully saturated rings. The van der Waals surface area contributed by atoms with E-state index in [1.54, 1.807) is 0 Å². The molecule has 6 heteroatoms. The van der Waals surface area contributed by atoms with Crippen LogP contribution in [0.15, 0.2) is 36.4 Å². The van der Waals surface area contributed by atoms with Gasteiger partial charge in [-0.1, -0.05) is 49.4 Å². The van der Waals surface area contributed by atoms with Crippen molar-refractivity contribution in [3.63, 3.8) is 0 Å². The van der Waals surface area contributed by atoms with Crippen LogP contribution in [-0.2, 0) is 17.8 Å². The zero-order valence-corrected chi connectivity index (χ0v) is 21.9. The predicted molar refractivity (Wildman–Crippen MR) is 143 cm³/mol. The van der Waals surface area contributed by atoms with Crippen molar-refractivity contribution < 1.29 is 9.53 Å². The molecular weight excluding hydrogens is 458 g/mol. The lowest BCUT2D eigenvalue weighted by Gasteiger charge is -2.20. The van der Waals surface area contributed by atoms with Crippen LogP contribution in [0.25, 0.3) is 11.0 Å². The van der Waals surface area contributed by atoms with Gasteiger partial charge in [-0.15, -0.1) is 0 Å². The number of aromatic nitrogens is 2. The molecule has 5 nitrogen and oxygen atoms in total. The molecule has 2 aromatic carbocycles. The van der Waals surface area contributed by atoms with Crippen molar-refractivity contribution in [1.29, 1.82) is 0 Å². The van der Waals surface area contributed by atoms with Gasteiger partial charge in [0.1, 0.15) is 18.2 Å². The van der Waals surface area contributed by atoms with Crippen LogP contribution in [0.3, 0.4) is 0 Å². The second kappa shape index (κ2) is 12.4. The number of nitrogens with zero attached hydrogens (tertiary/aromatic N) is 2. The Morgan fingerprint density at radius 3 is 2.60 bits per heavy atom. The Kier molecular flexibility index (Phi) is 9.08. The molecule has 1 N–H and O–H groups in total. The fourth-order valence-corrected chi connectivity index (χ4v) is 5.22. The van der Waals surface area contributed by atoms with E-state index >= 15 is 0 Å². The van der Waals surface area contributed by atoms with Crippen molar-refractivity contribution in [2.24, 2.45) is 5.92 Å². The average molecular weight is 496 g/mol. The van der Waals surface area contributed by atoms with Gasteiger partial charge < -0.3 is 14.6 Å². The van der Waals surface area contributed by atoms with E-state index in [1.165, 1.54) is 19.3 Å². The first kappa shape index (κ1) is 25.6. The Balaban J connectivity index is 1.27. The molecule has 0 aliphatic heterocycles. The molecule has 1 aliphatic rings. The maximum atomic E-state index is 12.3. The van der Waals surface area contributed by atoms with Crippen LogP contribution in [0.2, 0.25) is 5.02 Å². The summed E-state index contributed by atoms with van der Waals surface area (Å²) in [4.78, 5) is 17.2. The molecule has 0 saturated heterocycles. The standard InChI is InChI=1S/C29H38ClN3O2/c1-21-19-24(20-22(2)28(21)30)35-18-17-33-26-14-9-8-13-25(26)32-27(33)15-7-4-10-16-31-29(34)23-11-5-3-6-12-23/h8-9,13-14,19-20,23H,3-7,10-12,15-18H2,1-2H3,(H,31,34). The summed E-state index contributed by atoms with van der Waals surface area (Å²) in [5.41, 5.74) is 4.24. The Bertz CT molecular complexity index is 1110. The molecule has 1 aliphatic carbocycles. The van der Waals surface area contributed by atoms with Crippen LogP contribution in [0, 0.1) is 19.8 Å². The third-order valence-corrected chi connectivity index (χ3v) is 7.68. The zero-order chi connectivity index (χ0) is 24.6. The van der Waals surface area contributed by atoms with E-state index in [9.17, 15) is 4.79 Å². The number of aryl methyl sites for hydroxylation is 3. The van der Waals surface area contributed by atoms with Crippen molar-refractivity contribution in [3.05, 3.63) is 58.4 Å². The summed E-state index contributed by atoms with van der Waals surface area (Å²) >= 11 is 6.29. The minimum absolute atomic E-state index is 0.242. The van der Waals surface area contributed by atoms with Gasteiger partial charge in [0.2, 0.25) is 5.91 Å². The van der Waals surface area contributed by atoms with Crippen LogP contribution < -0.4 is 10.1 Å². The number of imidazole rings is 1. The van der Waals surface area contributed by atoms with Crippen molar-refractivity contribution in [2.75, 3.05) is 13.2 Å². The van der Waals surface area contributed by atoms with E-state index in [0.29, 0.717) is 6.61 Å². The fourth-order valence-electron chi connectivity index (χ4n) is 5.12. The highest BCUT2D eigenvalue weighted by atomic mass is 35.5. The van der Waals surface area contributed by atoms with E-state index in [4.69, 9.17) is 21.3 Å². The van der Waals surface area contributed by atoms with Gasteiger partial charge in [0.05, 0.1) is 17.6 Å². The Labute approximate surface area is 214 Å². The number of amides is 1. The first-order valence-electron chi connectivity index (χ1n) is 13.1. The maximum Gasteiger partial charge on any atom is 0.223 e. The van der Waals surface area contributed by atoms with Crippen LogP contribution in [0.4, 0.5) is 0 Å². The number of ether oxygens (including phenoxy) is 1. The van der Waals surface area contributed by atoms with Gasteiger partial charge in [-0.3, -0.25) is 4.79 Å². The van der Waals surface area contributed by atoms with Crippen LogP contribution in [-0.4, -0.2) is 28.6 Å². The van der Waals surface area contributed by atoms with Gasteiger partial charge in [0.25, 0.3) is 0 Å². The fraction of sp³-hybridized carbons (Fsp3) is 0.517. The topological polar surface area (TPSA) is 56.1 Å². The number of carbonyl (C=O) groups excluding carboxylic acids is 1. The van der Waals surface area contributed by atoms with Crippen molar-refractivity contribution >= 4 is 28.5 Å². The highest BCUT2D eigenvalue weighted by Gasteiger charge is 2.20. The zero-order valence-electron chi connectivity index (χ0n) is 21.1. The number of unbranched alkanes of at least 4 members (excludes halogenated alkanes) is 2. The number of fused-ring (bicyclic) bond motifs is 1. The molecule has 1 saturated carbocycles. The number of benzene rings is 2. The molecule has 35 heavy (non-hydrogen) atoms. The van der Waals surface area contributed by atoms with Gasteiger partial charge in [-0.25, -0.2) is 4.98 Å². The summed E-state index contributed by atoms with van der Waals surface area (Å²) in [6.45, 7) is 6.10. The molecule has 4 rings (SSSR count). The molecule has 1 heterocycles. The summed E-state index contributed by atoms with van der Waals surface area (Å²) in [5, 5.41) is 3.95. The molecule has 0 unspecified atom stereocenters. The maximum absolute atomic E-state index is 12.3.